The standard InChI is InChI=1S/C9H12F6INO/c1-4(2)5(3-16)17-7(18)6(8(10,11)12)9(13,14)15/h4-6H,3H2,1-2H3,(H,17,18). The Balaban J connectivity index is 5.01. The van der Waals surface area contributed by atoms with Crippen molar-refractivity contribution in [2.45, 2.75) is 32.2 Å². The van der Waals surface area contributed by atoms with E-state index < -0.39 is 30.2 Å². The third kappa shape index (κ3) is 5.19. The van der Waals surface area contributed by atoms with Gasteiger partial charge in [0.2, 0.25) is 11.8 Å². The van der Waals surface area contributed by atoms with Gasteiger partial charge in [-0.15, -0.1) is 0 Å². The summed E-state index contributed by atoms with van der Waals surface area (Å²) in [5.74, 6) is -6.28. The van der Waals surface area contributed by atoms with E-state index in [9.17, 15) is 31.1 Å². The summed E-state index contributed by atoms with van der Waals surface area (Å²) in [4.78, 5) is 11.2. The van der Waals surface area contributed by atoms with E-state index in [2.05, 4.69) is 0 Å². The topological polar surface area (TPSA) is 29.1 Å². The molecular formula is C9H12F6INO. The fraction of sp³-hybridized carbons (Fsp3) is 0.889. The molecule has 108 valence electrons. The minimum atomic E-state index is -5.64. The number of carbonyl (C=O) groups is 1. The summed E-state index contributed by atoms with van der Waals surface area (Å²) in [6.45, 7) is 3.19. The van der Waals surface area contributed by atoms with Crippen LogP contribution in [-0.2, 0) is 4.79 Å². The van der Waals surface area contributed by atoms with Gasteiger partial charge in [-0.25, -0.2) is 0 Å². The number of nitrogens with one attached hydrogen (secondary N) is 1. The summed E-state index contributed by atoms with van der Waals surface area (Å²) in [5, 5.41) is 1.79. The van der Waals surface area contributed by atoms with E-state index in [-0.39, 0.29) is 10.3 Å². The summed E-state index contributed by atoms with van der Waals surface area (Å²) < 4.78 is 73.7. The lowest BCUT2D eigenvalue weighted by Gasteiger charge is -2.26. The van der Waals surface area contributed by atoms with Crippen molar-refractivity contribution in [2.24, 2.45) is 11.8 Å². The van der Waals surface area contributed by atoms with Crippen LogP contribution in [0, 0.1) is 11.8 Å². The summed E-state index contributed by atoms with van der Waals surface area (Å²) >= 11 is 1.79. The highest BCUT2D eigenvalue weighted by atomic mass is 127. The Labute approximate surface area is 114 Å². The normalized spacial score (nSPS) is 15.1. The van der Waals surface area contributed by atoms with Crippen LogP contribution in [0.2, 0.25) is 0 Å². The molecule has 0 fully saturated rings. The van der Waals surface area contributed by atoms with Crippen LogP contribution in [0.1, 0.15) is 13.8 Å². The second-order valence-electron chi connectivity index (χ2n) is 4.03. The molecule has 0 saturated carbocycles. The molecule has 0 aromatic rings. The summed E-state index contributed by atoms with van der Waals surface area (Å²) in [7, 11) is 0. The molecular weight excluding hydrogens is 379 g/mol. The summed E-state index contributed by atoms with van der Waals surface area (Å²) in [6.07, 6.45) is -11.3. The fourth-order valence-electron chi connectivity index (χ4n) is 1.13. The minimum Gasteiger partial charge on any atom is -0.352 e. The van der Waals surface area contributed by atoms with Gasteiger partial charge in [-0.2, -0.15) is 26.3 Å². The van der Waals surface area contributed by atoms with Gasteiger partial charge in [0.25, 0.3) is 0 Å². The van der Waals surface area contributed by atoms with Gasteiger partial charge in [0.1, 0.15) is 0 Å². The van der Waals surface area contributed by atoms with Crippen LogP contribution in [0.25, 0.3) is 0 Å². The first kappa shape index (κ1) is 17.8. The van der Waals surface area contributed by atoms with E-state index in [4.69, 9.17) is 0 Å². The molecule has 18 heavy (non-hydrogen) atoms. The van der Waals surface area contributed by atoms with Crippen LogP contribution in [0.4, 0.5) is 26.3 Å². The lowest BCUT2D eigenvalue weighted by Crippen LogP contribution is -2.52. The molecule has 0 aromatic heterocycles. The quantitative estimate of drug-likeness (QED) is 0.445. The highest BCUT2D eigenvalue weighted by molar-refractivity contribution is 14.1. The number of carbonyl (C=O) groups excluding carboxylic acids is 1. The molecule has 0 bridgehead atoms. The van der Waals surface area contributed by atoms with Crippen LogP contribution >= 0.6 is 22.6 Å². The molecule has 0 aromatic carbocycles. The Morgan fingerprint density at radius 2 is 1.50 bits per heavy atom. The van der Waals surface area contributed by atoms with Crippen molar-refractivity contribution < 1.29 is 31.1 Å². The highest BCUT2D eigenvalue weighted by Gasteiger charge is 2.61. The fourth-order valence-corrected chi connectivity index (χ4v) is 2.37. The van der Waals surface area contributed by atoms with Gasteiger partial charge in [-0.05, 0) is 5.92 Å². The molecule has 0 aliphatic heterocycles. The predicted molar refractivity (Wildman–Crippen MR) is 61.3 cm³/mol. The lowest BCUT2D eigenvalue weighted by molar-refractivity contribution is -0.274. The molecule has 1 amide bonds. The molecule has 0 aliphatic rings. The van der Waals surface area contributed by atoms with E-state index in [0.717, 1.165) is 0 Å². The Morgan fingerprint density at radius 1 is 1.11 bits per heavy atom. The van der Waals surface area contributed by atoms with Crippen LogP contribution in [0.3, 0.4) is 0 Å². The van der Waals surface area contributed by atoms with Gasteiger partial charge in [-0.1, -0.05) is 36.4 Å². The number of hydrogen-bond donors (Lipinski definition) is 1. The molecule has 0 aliphatic carbocycles. The third-order valence-corrected chi connectivity index (χ3v) is 3.16. The van der Waals surface area contributed by atoms with Crippen LogP contribution in [0.15, 0.2) is 0 Å². The maximum Gasteiger partial charge on any atom is 0.409 e. The van der Waals surface area contributed by atoms with Gasteiger partial charge < -0.3 is 5.32 Å². The molecule has 1 unspecified atom stereocenters. The van der Waals surface area contributed by atoms with Gasteiger partial charge >= 0.3 is 12.4 Å². The van der Waals surface area contributed by atoms with Crippen molar-refractivity contribution in [1.82, 2.24) is 5.32 Å². The maximum absolute atomic E-state index is 12.2. The smallest absolute Gasteiger partial charge is 0.352 e. The van der Waals surface area contributed by atoms with Gasteiger partial charge in [0.05, 0.1) is 0 Å². The van der Waals surface area contributed by atoms with Crippen molar-refractivity contribution in [3.63, 3.8) is 0 Å². The maximum atomic E-state index is 12.2. The number of halogens is 7. The van der Waals surface area contributed by atoms with Crippen molar-refractivity contribution in [3.05, 3.63) is 0 Å². The molecule has 1 atom stereocenters. The zero-order chi connectivity index (χ0) is 14.7. The van der Waals surface area contributed by atoms with E-state index in [1.807, 2.05) is 0 Å². The monoisotopic (exact) mass is 391 g/mol. The van der Waals surface area contributed by atoms with Crippen LogP contribution < -0.4 is 5.32 Å². The Kier molecular flexibility index (Phi) is 6.21. The Hall–Kier alpha value is -0.220. The number of rotatable bonds is 4. The summed E-state index contributed by atoms with van der Waals surface area (Å²) in [6, 6.07) is -0.731. The van der Waals surface area contributed by atoms with Gasteiger partial charge in [0.15, 0.2) is 0 Å². The SMILES string of the molecule is CC(C)C(CI)NC(=O)C(C(F)(F)F)C(F)(F)F. The molecule has 0 rings (SSSR count). The number of hydrogen-bond acceptors (Lipinski definition) is 1. The average Bonchev–Trinajstić information content (AvgIpc) is 2.08. The highest BCUT2D eigenvalue weighted by Crippen LogP contribution is 2.39. The van der Waals surface area contributed by atoms with Gasteiger partial charge in [-0.3, -0.25) is 4.79 Å². The third-order valence-electron chi connectivity index (χ3n) is 2.22. The van der Waals surface area contributed by atoms with E-state index >= 15 is 0 Å². The molecule has 9 heteroatoms. The molecule has 0 radical (unpaired) electrons. The number of amides is 1. The number of alkyl halides is 7. The summed E-state index contributed by atoms with van der Waals surface area (Å²) in [5.41, 5.74) is 0. The average molecular weight is 391 g/mol. The minimum absolute atomic E-state index is 0.226. The molecule has 1 N–H and O–H groups in total. The molecule has 0 heterocycles. The van der Waals surface area contributed by atoms with Crippen molar-refractivity contribution in [3.8, 4) is 0 Å². The molecule has 2 nitrogen and oxygen atoms in total. The first-order valence-corrected chi connectivity index (χ1v) is 6.43. The van der Waals surface area contributed by atoms with E-state index in [1.165, 1.54) is 0 Å². The van der Waals surface area contributed by atoms with Crippen LogP contribution in [-0.4, -0.2) is 28.7 Å². The molecule has 0 spiro atoms. The predicted octanol–water partition coefficient (Wildman–Crippen LogP) is 3.30. The van der Waals surface area contributed by atoms with Crippen LogP contribution in [0.5, 0.6) is 0 Å². The van der Waals surface area contributed by atoms with Crippen molar-refractivity contribution in [1.29, 1.82) is 0 Å². The van der Waals surface area contributed by atoms with Crippen molar-refractivity contribution >= 4 is 28.5 Å². The second kappa shape index (κ2) is 6.29. The lowest BCUT2D eigenvalue weighted by atomic mass is 10.0. The largest absolute Gasteiger partial charge is 0.409 e. The first-order chi connectivity index (χ1) is 7.91. The Bertz CT molecular complexity index is 274. The zero-order valence-electron chi connectivity index (χ0n) is 9.49. The van der Waals surface area contributed by atoms with E-state index in [0.29, 0.717) is 0 Å². The first-order valence-electron chi connectivity index (χ1n) is 4.91. The zero-order valence-corrected chi connectivity index (χ0v) is 11.7. The van der Waals surface area contributed by atoms with E-state index in [1.54, 1.807) is 41.8 Å². The molecule has 0 saturated heterocycles. The second-order valence-corrected chi connectivity index (χ2v) is 4.91. The van der Waals surface area contributed by atoms with Crippen molar-refractivity contribution in [2.75, 3.05) is 4.43 Å². The Morgan fingerprint density at radius 3 is 1.72 bits per heavy atom. The van der Waals surface area contributed by atoms with Gasteiger partial charge in [0, 0.05) is 10.5 Å².